The number of carbonyl (C=O) groups excluding carboxylic acids is 2. The third kappa shape index (κ3) is 4.21. The first-order chi connectivity index (χ1) is 14.7. The minimum absolute atomic E-state index is 0.145. The number of aromatic nitrogens is 1. The van der Waals surface area contributed by atoms with Crippen molar-refractivity contribution < 1.29 is 42.5 Å². The van der Waals surface area contributed by atoms with Crippen LogP contribution in [0.5, 0.6) is 5.75 Å². The summed E-state index contributed by atoms with van der Waals surface area (Å²) in [5.74, 6) is -7.74. The minimum Gasteiger partial charge on any atom is -0.465 e. The molecule has 11 heteroatoms. The first-order valence-corrected chi connectivity index (χ1v) is 9.51. The second-order valence-corrected chi connectivity index (χ2v) is 6.75. The van der Waals surface area contributed by atoms with Crippen LogP contribution in [0.15, 0.2) is 17.1 Å². The Bertz CT molecular complexity index is 1100. The van der Waals surface area contributed by atoms with Gasteiger partial charge in [0.15, 0.2) is 17.5 Å². The van der Waals surface area contributed by atoms with Crippen molar-refractivity contribution in [1.29, 1.82) is 0 Å². The molecule has 166 valence electrons. The zero-order valence-corrected chi connectivity index (χ0v) is 16.6. The van der Waals surface area contributed by atoms with E-state index < -0.39 is 57.8 Å². The maximum absolute atomic E-state index is 15.6. The van der Waals surface area contributed by atoms with E-state index in [4.69, 9.17) is 14.6 Å². The monoisotopic (exact) mass is 439 g/mol. The summed E-state index contributed by atoms with van der Waals surface area (Å²) in [4.78, 5) is 48.2. The Balaban J connectivity index is 2.32. The molecule has 1 N–H and O–H groups in total. The van der Waals surface area contributed by atoms with Crippen molar-refractivity contribution in [3.8, 4) is 5.75 Å². The fourth-order valence-electron chi connectivity index (χ4n) is 3.29. The lowest BCUT2D eigenvalue weighted by Gasteiger charge is -2.19. The molecule has 1 heterocycles. The summed E-state index contributed by atoms with van der Waals surface area (Å²) in [5.41, 5.74) is -2.34. The van der Waals surface area contributed by atoms with E-state index in [1.165, 1.54) is 18.4 Å². The number of hydrogen-bond acceptors (Lipinski definition) is 7. The molecular formula is C20H19F2NO8. The van der Waals surface area contributed by atoms with Crippen molar-refractivity contribution in [3.05, 3.63) is 39.7 Å². The molecule has 0 amide bonds. The van der Waals surface area contributed by atoms with Crippen molar-refractivity contribution in [1.82, 2.24) is 4.57 Å². The minimum atomic E-state index is -2.04. The highest BCUT2D eigenvalue weighted by atomic mass is 19.1. The number of pyridine rings is 1. The van der Waals surface area contributed by atoms with Crippen LogP contribution in [0.4, 0.5) is 13.6 Å². The van der Waals surface area contributed by atoms with E-state index in [-0.39, 0.29) is 24.8 Å². The summed E-state index contributed by atoms with van der Waals surface area (Å²) in [6, 6.07) is 0.352. The number of carbonyl (C=O) groups is 3. The maximum atomic E-state index is 15.6. The van der Waals surface area contributed by atoms with Gasteiger partial charge in [-0.05, 0) is 32.8 Å². The number of nitrogens with zero attached hydrogens (tertiary/aromatic N) is 1. The Kier molecular flexibility index (Phi) is 6.23. The summed E-state index contributed by atoms with van der Waals surface area (Å²) in [7, 11) is 0. The number of ether oxygens (including phenoxy) is 3. The highest BCUT2D eigenvalue weighted by Gasteiger charge is 2.39. The summed E-state index contributed by atoms with van der Waals surface area (Å²) in [6.45, 7) is 2.63. The van der Waals surface area contributed by atoms with Gasteiger partial charge in [-0.25, -0.2) is 13.6 Å². The molecule has 0 spiro atoms. The molecule has 0 atom stereocenters. The fourth-order valence-corrected chi connectivity index (χ4v) is 3.29. The van der Waals surface area contributed by atoms with Gasteiger partial charge < -0.3 is 23.9 Å². The zero-order valence-electron chi connectivity index (χ0n) is 16.6. The first-order valence-electron chi connectivity index (χ1n) is 9.51. The number of rotatable bonds is 7. The maximum Gasteiger partial charge on any atom is 0.511 e. The molecule has 0 saturated heterocycles. The molecule has 2 aromatic rings. The Morgan fingerprint density at radius 3 is 2.23 bits per heavy atom. The molecular weight excluding hydrogens is 420 g/mol. The smallest absolute Gasteiger partial charge is 0.465 e. The lowest BCUT2D eigenvalue weighted by atomic mass is 9.95. The molecule has 1 saturated carbocycles. The van der Waals surface area contributed by atoms with Crippen molar-refractivity contribution in [2.75, 3.05) is 13.2 Å². The Hall–Kier alpha value is -3.50. The molecule has 0 aliphatic heterocycles. The molecule has 1 fully saturated rings. The lowest BCUT2D eigenvalue weighted by Crippen LogP contribution is -2.28. The van der Waals surface area contributed by atoms with E-state index in [0.717, 1.165) is 6.20 Å². The van der Waals surface area contributed by atoms with Gasteiger partial charge in [-0.1, -0.05) is 0 Å². The van der Waals surface area contributed by atoms with E-state index in [0.29, 0.717) is 18.9 Å². The summed E-state index contributed by atoms with van der Waals surface area (Å²) in [6.07, 6.45) is 0.442. The van der Waals surface area contributed by atoms with Crippen molar-refractivity contribution >= 4 is 29.0 Å². The quantitative estimate of drug-likeness (QED) is 0.516. The van der Waals surface area contributed by atoms with E-state index >= 15 is 4.39 Å². The van der Waals surface area contributed by atoms with Crippen molar-refractivity contribution in [2.45, 2.75) is 38.6 Å². The standard InChI is InChI=1S/C20H19F2NO8/c1-3-29-18(25)14(19(26)30-4-2)13-11(21)7-10-16(15(13)22)23(9-5-6-9)8-12(17(10)24)31-20(27)28/h7-9,14H,3-6H2,1-2H3,(H,27,28). The molecule has 3 rings (SSSR count). The first kappa shape index (κ1) is 22.2. The van der Waals surface area contributed by atoms with Crippen LogP contribution in [0.3, 0.4) is 0 Å². The molecule has 1 aromatic heterocycles. The third-order valence-electron chi connectivity index (χ3n) is 4.68. The van der Waals surface area contributed by atoms with Crippen molar-refractivity contribution in [3.63, 3.8) is 0 Å². The van der Waals surface area contributed by atoms with E-state index in [1.807, 2.05) is 0 Å². The number of halogens is 2. The van der Waals surface area contributed by atoms with Gasteiger partial charge in [0.25, 0.3) is 0 Å². The van der Waals surface area contributed by atoms with Crippen molar-refractivity contribution in [2.24, 2.45) is 0 Å². The largest absolute Gasteiger partial charge is 0.511 e. The SMILES string of the molecule is CCOC(=O)C(C(=O)OCC)c1c(F)cc2c(=O)c(OC(=O)O)cn(C3CC3)c2c1F. The topological polar surface area (TPSA) is 121 Å². The van der Waals surface area contributed by atoms with Gasteiger partial charge >= 0.3 is 18.1 Å². The van der Waals surface area contributed by atoms with Crippen LogP contribution in [0.1, 0.15) is 44.2 Å². The Labute approximate surface area is 174 Å². The highest BCUT2D eigenvalue weighted by Crippen LogP contribution is 2.40. The van der Waals surface area contributed by atoms with Crippen LogP contribution < -0.4 is 10.2 Å². The number of benzene rings is 1. The second kappa shape index (κ2) is 8.70. The molecule has 1 aliphatic carbocycles. The van der Waals surface area contributed by atoms with Crippen LogP contribution >= 0.6 is 0 Å². The Morgan fingerprint density at radius 2 is 1.74 bits per heavy atom. The van der Waals surface area contributed by atoms with Gasteiger partial charge in [-0.15, -0.1) is 0 Å². The van der Waals surface area contributed by atoms with Gasteiger partial charge in [0.2, 0.25) is 5.43 Å². The number of fused-ring (bicyclic) bond motifs is 1. The zero-order chi connectivity index (χ0) is 22.9. The molecule has 0 radical (unpaired) electrons. The van der Waals surface area contributed by atoms with E-state index in [9.17, 15) is 23.6 Å². The predicted molar refractivity (Wildman–Crippen MR) is 101 cm³/mol. The second-order valence-electron chi connectivity index (χ2n) is 6.75. The van der Waals surface area contributed by atoms with Crippen LogP contribution in [-0.4, -0.2) is 41.0 Å². The average molecular weight is 439 g/mol. The number of carboxylic acid groups (broad SMARTS) is 1. The summed E-state index contributed by atoms with van der Waals surface area (Å²) >= 11 is 0. The van der Waals surface area contributed by atoms with Crippen LogP contribution in [0.25, 0.3) is 10.9 Å². The summed E-state index contributed by atoms with van der Waals surface area (Å²) in [5, 5.41) is 8.35. The summed E-state index contributed by atoms with van der Waals surface area (Å²) < 4.78 is 45.9. The normalized spacial score (nSPS) is 13.3. The molecule has 1 aliphatic rings. The number of hydrogen-bond donors (Lipinski definition) is 1. The van der Waals surface area contributed by atoms with Crippen LogP contribution in [-0.2, 0) is 19.1 Å². The third-order valence-corrected chi connectivity index (χ3v) is 4.68. The molecule has 0 bridgehead atoms. The average Bonchev–Trinajstić information content (AvgIpc) is 3.52. The highest BCUT2D eigenvalue weighted by molar-refractivity contribution is 6.02. The molecule has 1 aromatic carbocycles. The van der Waals surface area contributed by atoms with E-state index in [2.05, 4.69) is 4.74 Å². The fraction of sp³-hybridized carbons (Fsp3) is 0.400. The molecule has 31 heavy (non-hydrogen) atoms. The Morgan fingerprint density at radius 1 is 1.16 bits per heavy atom. The lowest BCUT2D eigenvalue weighted by molar-refractivity contribution is -0.157. The molecule has 9 nitrogen and oxygen atoms in total. The predicted octanol–water partition coefficient (Wildman–Crippen LogP) is 2.88. The van der Waals surface area contributed by atoms with E-state index in [1.54, 1.807) is 0 Å². The van der Waals surface area contributed by atoms with Gasteiger partial charge in [0.1, 0.15) is 5.82 Å². The van der Waals surface area contributed by atoms with Gasteiger partial charge in [-0.3, -0.25) is 14.4 Å². The van der Waals surface area contributed by atoms with Crippen LogP contribution in [0.2, 0.25) is 0 Å². The molecule has 0 unspecified atom stereocenters. The number of esters is 2. The van der Waals surface area contributed by atoms with Gasteiger partial charge in [0.05, 0.1) is 35.9 Å². The van der Waals surface area contributed by atoms with Gasteiger partial charge in [-0.2, -0.15) is 0 Å². The van der Waals surface area contributed by atoms with Gasteiger partial charge in [0, 0.05) is 6.04 Å². The van der Waals surface area contributed by atoms with Crippen LogP contribution in [0, 0.1) is 11.6 Å².